The third kappa shape index (κ3) is 5.47. The molecule has 186 valence electrons. The number of anilines is 1. The minimum absolute atomic E-state index is 0.111. The molecule has 0 saturated carbocycles. The first-order valence-corrected chi connectivity index (χ1v) is 13.7. The maximum Gasteiger partial charge on any atom is 0.243 e. The fourth-order valence-corrected chi connectivity index (χ4v) is 6.47. The molecule has 0 spiro atoms. The number of carbonyl (C=O) groups excluding carboxylic acids is 1. The second-order valence-electron chi connectivity index (χ2n) is 9.51. The number of hydrogen-bond acceptors (Lipinski definition) is 5. The predicted octanol–water partition coefficient (Wildman–Crippen LogP) is 3.76. The molecular weight excluding hydrogens is 452 g/mol. The Labute approximate surface area is 202 Å². The van der Waals surface area contributed by atoms with Crippen LogP contribution in [0.25, 0.3) is 0 Å². The lowest BCUT2D eigenvalue weighted by Gasteiger charge is -2.27. The summed E-state index contributed by atoms with van der Waals surface area (Å²) >= 11 is 0. The molecule has 4 rings (SSSR count). The van der Waals surface area contributed by atoms with Gasteiger partial charge in [0.1, 0.15) is 5.75 Å². The van der Waals surface area contributed by atoms with E-state index in [1.165, 1.54) is 16.1 Å². The normalized spacial score (nSPS) is 20.1. The van der Waals surface area contributed by atoms with Crippen molar-refractivity contribution in [2.45, 2.75) is 63.0 Å². The lowest BCUT2D eigenvalue weighted by Crippen LogP contribution is -2.35. The van der Waals surface area contributed by atoms with Crippen molar-refractivity contribution in [3.8, 4) is 5.75 Å². The molecule has 1 unspecified atom stereocenters. The van der Waals surface area contributed by atoms with Crippen molar-refractivity contribution in [1.29, 1.82) is 0 Å². The average molecular weight is 489 g/mol. The Balaban J connectivity index is 1.53. The Hall–Kier alpha value is -2.36. The molecule has 2 fully saturated rings. The number of nitrogens with one attached hydrogen (secondary N) is 1. The fraction of sp³-hybridized carbons (Fsp3) is 0.560. The van der Waals surface area contributed by atoms with Crippen molar-refractivity contribution >= 4 is 21.6 Å². The van der Waals surface area contributed by atoms with Crippen LogP contribution in [0.3, 0.4) is 0 Å². The summed E-state index contributed by atoms with van der Waals surface area (Å²) in [5.74, 6) is 0.295. The van der Waals surface area contributed by atoms with Crippen LogP contribution in [0.4, 0.5) is 5.69 Å². The molecule has 1 N–H and O–H groups in total. The van der Waals surface area contributed by atoms with E-state index in [1.807, 2.05) is 33.2 Å². The van der Waals surface area contributed by atoms with Crippen LogP contribution in [0.2, 0.25) is 0 Å². The summed E-state index contributed by atoms with van der Waals surface area (Å²) in [5, 5.41) is 2.94. The number of aromatic nitrogens is 1. The summed E-state index contributed by atoms with van der Waals surface area (Å²) in [7, 11) is -1.59. The van der Waals surface area contributed by atoms with Crippen molar-refractivity contribution in [3.63, 3.8) is 0 Å². The van der Waals surface area contributed by atoms with E-state index >= 15 is 0 Å². The molecular formula is C25H36N4O4S. The number of nitrogens with zero attached hydrogens (tertiary/aromatic N) is 3. The molecule has 1 aromatic carbocycles. The van der Waals surface area contributed by atoms with Gasteiger partial charge in [0.05, 0.1) is 29.3 Å². The number of rotatable bonds is 8. The first kappa shape index (κ1) is 24.8. The molecule has 1 atom stereocenters. The largest absolute Gasteiger partial charge is 0.489 e. The zero-order valence-electron chi connectivity index (χ0n) is 20.4. The number of amides is 1. The number of ether oxygens (including phenoxy) is 1. The highest BCUT2D eigenvalue weighted by molar-refractivity contribution is 7.89. The summed E-state index contributed by atoms with van der Waals surface area (Å²) in [4.78, 5) is 15.5. The van der Waals surface area contributed by atoms with Crippen LogP contribution < -0.4 is 10.1 Å². The highest BCUT2D eigenvalue weighted by Crippen LogP contribution is 2.33. The average Bonchev–Trinajstić information content (AvgIpc) is 3.43. The van der Waals surface area contributed by atoms with Crippen LogP contribution in [-0.2, 0) is 21.9 Å². The number of benzene rings is 1. The zero-order valence-corrected chi connectivity index (χ0v) is 21.2. The number of hydrogen-bond donors (Lipinski definition) is 1. The molecule has 1 aromatic heterocycles. The van der Waals surface area contributed by atoms with Crippen LogP contribution in [0.15, 0.2) is 41.4 Å². The first-order valence-electron chi connectivity index (χ1n) is 12.2. The summed E-state index contributed by atoms with van der Waals surface area (Å²) < 4.78 is 35.9. The third-order valence-corrected chi connectivity index (χ3v) is 8.47. The number of likely N-dealkylation sites (tertiary alicyclic amines) is 1. The smallest absolute Gasteiger partial charge is 0.243 e. The van der Waals surface area contributed by atoms with Crippen LogP contribution in [0.1, 0.15) is 57.7 Å². The molecule has 2 aliphatic heterocycles. The Morgan fingerprint density at radius 2 is 1.88 bits per heavy atom. The minimum Gasteiger partial charge on any atom is -0.489 e. The second kappa shape index (κ2) is 10.5. The fourth-order valence-electron chi connectivity index (χ4n) is 4.92. The van der Waals surface area contributed by atoms with Crippen molar-refractivity contribution in [1.82, 2.24) is 13.8 Å². The van der Waals surface area contributed by atoms with Crippen molar-refractivity contribution < 1.29 is 17.9 Å². The highest BCUT2D eigenvalue weighted by Gasteiger charge is 2.30. The third-order valence-electron chi connectivity index (χ3n) is 6.58. The lowest BCUT2D eigenvalue weighted by atomic mass is 10.1. The summed E-state index contributed by atoms with van der Waals surface area (Å²) in [6.45, 7) is 5.95. The van der Waals surface area contributed by atoms with Gasteiger partial charge in [-0.2, -0.15) is 4.31 Å². The predicted molar refractivity (Wildman–Crippen MR) is 132 cm³/mol. The van der Waals surface area contributed by atoms with E-state index in [4.69, 9.17) is 4.74 Å². The van der Waals surface area contributed by atoms with Gasteiger partial charge in [-0.1, -0.05) is 6.42 Å². The van der Waals surface area contributed by atoms with E-state index in [2.05, 4.69) is 20.9 Å². The molecule has 2 aromatic rings. The van der Waals surface area contributed by atoms with Gasteiger partial charge in [-0.3, -0.25) is 9.69 Å². The molecule has 0 aliphatic carbocycles. The molecule has 34 heavy (non-hydrogen) atoms. The quantitative estimate of drug-likeness (QED) is 0.612. The Morgan fingerprint density at radius 3 is 2.56 bits per heavy atom. The van der Waals surface area contributed by atoms with Crippen molar-refractivity contribution in [3.05, 3.63) is 42.2 Å². The standard InChI is InChI=1S/C25H36N4O4S/c1-19(2)33-24-12-11-20(34(31,32)29-15-5-4-6-16-29)17-21(24)26-25(30)18-28-14-8-10-23(28)22-9-7-13-27(22)3/h7,9,11-13,17,19,23H,4-6,8,10,14-16,18H2,1-3H3,(H,26,30). The van der Waals surface area contributed by atoms with Crippen LogP contribution >= 0.6 is 0 Å². The molecule has 8 nitrogen and oxygen atoms in total. The molecule has 2 aliphatic rings. The SMILES string of the molecule is CC(C)Oc1ccc(S(=O)(=O)N2CCCCC2)cc1NC(=O)CN1CCCC1c1cccn1C. The van der Waals surface area contributed by atoms with Gasteiger partial charge >= 0.3 is 0 Å². The van der Waals surface area contributed by atoms with Gasteiger partial charge in [0.15, 0.2) is 0 Å². The van der Waals surface area contributed by atoms with Gasteiger partial charge in [0.25, 0.3) is 0 Å². The second-order valence-corrected chi connectivity index (χ2v) is 11.4. The molecule has 0 radical (unpaired) electrons. The Bertz CT molecular complexity index is 1110. The lowest BCUT2D eigenvalue weighted by molar-refractivity contribution is -0.117. The molecule has 3 heterocycles. The maximum atomic E-state index is 13.2. The van der Waals surface area contributed by atoms with Crippen LogP contribution in [-0.4, -0.2) is 60.4 Å². The van der Waals surface area contributed by atoms with Crippen LogP contribution in [0, 0.1) is 0 Å². The van der Waals surface area contributed by atoms with E-state index in [1.54, 1.807) is 12.1 Å². The Kier molecular flexibility index (Phi) is 7.64. The van der Waals surface area contributed by atoms with Gasteiger partial charge in [0.2, 0.25) is 15.9 Å². The first-order chi connectivity index (χ1) is 16.3. The summed E-state index contributed by atoms with van der Waals surface area (Å²) in [6, 6.07) is 9.08. The highest BCUT2D eigenvalue weighted by atomic mass is 32.2. The topological polar surface area (TPSA) is 83.9 Å². The molecule has 2 saturated heterocycles. The van der Waals surface area contributed by atoms with E-state index in [0.717, 1.165) is 38.6 Å². The Morgan fingerprint density at radius 1 is 1.12 bits per heavy atom. The molecule has 1 amide bonds. The van der Waals surface area contributed by atoms with Gasteiger partial charge in [0, 0.05) is 32.0 Å². The van der Waals surface area contributed by atoms with E-state index in [-0.39, 0.29) is 29.5 Å². The molecule has 9 heteroatoms. The van der Waals surface area contributed by atoms with Crippen molar-refractivity contribution in [2.75, 3.05) is 31.5 Å². The van der Waals surface area contributed by atoms with Gasteiger partial charge < -0.3 is 14.6 Å². The minimum atomic E-state index is -3.62. The van der Waals surface area contributed by atoms with Gasteiger partial charge in [-0.15, -0.1) is 0 Å². The number of piperidine rings is 1. The van der Waals surface area contributed by atoms with Crippen LogP contribution in [0.5, 0.6) is 5.75 Å². The number of sulfonamides is 1. The number of aryl methyl sites for hydroxylation is 1. The summed E-state index contributed by atoms with van der Waals surface area (Å²) in [5.41, 5.74) is 1.59. The monoisotopic (exact) mass is 488 g/mol. The zero-order chi connectivity index (χ0) is 24.3. The van der Waals surface area contributed by atoms with Gasteiger partial charge in [-0.05, 0) is 76.4 Å². The summed E-state index contributed by atoms with van der Waals surface area (Å²) in [6.07, 6.45) is 6.75. The molecule has 0 bridgehead atoms. The van der Waals surface area contributed by atoms with E-state index < -0.39 is 10.0 Å². The van der Waals surface area contributed by atoms with Crippen molar-refractivity contribution in [2.24, 2.45) is 7.05 Å². The number of carbonyl (C=O) groups is 1. The maximum absolute atomic E-state index is 13.2. The van der Waals surface area contributed by atoms with E-state index in [0.29, 0.717) is 24.5 Å². The van der Waals surface area contributed by atoms with Gasteiger partial charge in [-0.25, -0.2) is 8.42 Å². The van der Waals surface area contributed by atoms with E-state index in [9.17, 15) is 13.2 Å².